The number of hydrogen-bond acceptors (Lipinski definition) is 6. The van der Waals surface area contributed by atoms with E-state index < -0.39 is 0 Å². The molecule has 29 heavy (non-hydrogen) atoms. The van der Waals surface area contributed by atoms with E-state index in [2.05, 4.69) is 39.1 Å². The Kier molecular flexibility index (Phi) is 5.48. The van der Waals surface area contributed by atoms with Gasteiger partial charge in [-0.05, 0) is 32.8 Å². The van der Waals surface area contributed by atoms with Gasteiger partial charge in [-0.3, -0.25) is 9.48 Å². The van der Waals surface area contributed by atoms with Crippen LogP contribution in [0, 0.1) is 0 Å². The summed E-state index contributed by atoms with van der Waals surface area (Å²) in [5.74, 6) is 0.177. The van der Waals surface area contributed by atoms with Crippen LogP contribution in [-0.2, 0) is 11.3 Å². The monoisotopic (exact) mass is 396 g/mol. The maximum Gasteiger partial charge on any atom is 0.229 e. The van der Waals surface area contributed by atoms with E-state index in [1.165, 1.54) is 0 Å². The van der Waals surface area contributed by atoms with E-state index in [0.29, 0.717) is 24.6 Å². The van der Waals surface area contributed by atoms with Crippen LogP contribution in [0.15, 0.2) is 30.9 Å². The molecular formula is C20H28N8O. The van der Waals surface area contributed by atoms with Crippen molar-refractivity contribution in [3.8, 4) is 0 Å². The van der Waals surface area contributed by atoms with Gasteiger partial charge < -0.3 is 20.5 Å². The Morgan fingerprint density at radius 2 is 2.10 bits per heavy atom. The molecule has 3 aromatic rings. The lowest BCUT2D eigenvalue weighted by atomic mass is 10.0. The molecule has 4 rings (SSSR count). The number of carbonyl (C=O) groups is 1. The summed E-state index contributed by atoms with van der Waals surface area (Å²) in [4.78, 5) is 22.6. The van der Waals surface area contributed by atoms with Crippen LogP contribution in [0.4, 0.5) is 11.6 Å². The number of aromatic nitrogens is 5. The summed E-state index contributed by atoms with van der Waals surface area (Å²) in [7, 11) is 0. The molecule has 0 saturated carbocycles. The quantitative estimate of drug-likeness (QED) is 0.635. The van der Waals surface area contributed by atoms with Gasteiger partial charge >= 0.3 is 0 Å². The Morgan fingerprint density at radius 3 is 2.83 bits per heavy atom. The highest BCUT2D eigenvalue weighted by molar-refractivity contribution is 5.77. The van der Waals surface area contributed by atoms with Crippen molar-refractivity contribution in [2.75, 3.05) is 18.4 Å². The number of hydrogen-bond donors (Lipinski definition) is 2. The van der Waals surface area contributed by atoms with Crippen LogP contribution >= 0.6 is 0 Å². The van der Waals surface area contributed by atoms with Crippen LogP contribution in [0.1, 0.15) is 39.2 Å². The van der Waals surface area contributed by atoms with Crippen molar-refractivity contribution in [2.45, 2.75) is 51.7 Å². The molecule has 1 aliphatic heterocycles. The van der Waals surface area contributed by atoms with Gasteiger partial charge in [-0.1, -0.05) is 0 Å². The summed E-state index contributed by atoms with van der Waals surface area (Å²) < 4.78 is 3.97. The Hall–Kier alpha value is -2.94. The summed E-state index contributed by atoms with van der Waals surface area (Å²) in [5, 5.41) is 8.72. The fourth-order valence-corrected chi connectivity index (χ4v) is 3.84. The number of anilines is 2. The van der Waals surface area contributed by atoms with Crippen LogP contribution in [0.3, 0.4) is 0 Å². The number of aryl methyl sites for hydroxylation is 1. The van der Waals surface area contributed by atoms with Gasteiger partial charge in [0.05, 0.1) is 17.9 Å². The van der Waals surface area contributed by atoms with Crippen molar-refractivity contribution in [1.29, 1.82) is 0 Å². The van der Waals surface area contributed by atoms with Crippen LogP contribution in [-0.4, -0.2) is 54.3 Å². The minimum Gasteiger partial charge on any atom is -0.370 e. The molecular weight excluding hydrogens is 368 g/mol. The summed E-state index contributed by atoms with van der Waals surface area (Å²) in [6.45, 7) is 7.21. The third-order valence-corrected chi connectivity index (χ3v) is 5.56. The first-order valence-electron chi connectivity index (χ1n) is 10.1. The molecule has 9 heteroatoms. The van der Waals surface area contributed by atoms with E-state index in [1.54, 1.807) is 6.20 Å². The van der Waals surface area contributed by atoms with Gasteiger partial charge in [-0.25, -0.2) is 4.98 Å². The van der Waals surface area contributed by atoms with Crippen molar-refractivity contribution in [2.24, 2.45) is 5.73 Å². The molecule has 0 bridgehead atoms. The highest BCUT2D eigenvalue weighted by Crippen LogP contribution is 2.25. The normalized spacial score (nSPS) is 16.0. The maximum atomic E-state index is 11.1. The van der Waals surface area contributed by atoms with Crippen molar-refractivity contribution in [3.63, 3.8) is 0 Å². The lowest BCUT2D eigenvalue weighted by Gasteiger charge is -2.34. The lowest BCUT2D eigenvalue weighted by Crippen LogP contribution is -2.39. The fraction of sp³-hybridized carbons (Fsp3) is 0.500. The lowest BCUT2D eigenvalue weighted by molar-refractivity contribution is -0.118. The zero-order valence-corrected chi connectivity index (χ0v) is 17.0. The minimum absolute atomic E-state index is 0.277. The van der Waals surface area contributed by atoms with Crippen LogP contribution in [0.2, 0.25) is 0 Å². The molecule has 1 saturated heterocycles. The zero-order valence-electron chi connectivity index (χ0n) is 17.0. The van der Waals surface area contributed by atoms with Gasteiger partial charge in [-0.2, -0.15) is 10.1 Å². The number of nitrogens with two attached hydrogens (primary N) is 1. The number of carbonyl (C=O) groups excluding carboxylic acids is 1. The van der Waals surface area contributed by atoms with Crippen molar-refractivity contribution >= 4 is 28.6 Å². The number of fused-ring (bicyclic) bond motifs is 1. The minimum atomic E-state index is -0.328. The van der Waals surface area contributed by atoms with Crippen molar-refractivity contribution in [3.05, 3.63) is 30.9 Å². The van der Waals surface area contributed by atoms with E-state index in [4.69, 9.17) is 5.73 Å². The highest BCUT2D eigenvalue weighted by atomic mass is 16.1. The SMILES string of the molecule is CC(C)N1CCC(n2cc(Nc3ncc4ccn(CCC(N)=O)c4n3)cn2)CC1. The third-order valence-electron chi connectivity index (χ3n) is 5.56. The maximum absolute atomic E-state index is 11.1. The average molecular weight is 396 g/mol. The zero-order chi connectivity index (χ0) is 20.4. The van der Waals surface area contributed by atoms with E-state index in [1.807, 2.05) is 33.9 Å². The van der Waals surface area contributed by atoms with E-state index in [9.17, 15) is 4.79 Å². The topological polar surface area (TPSA) is 107 Å². The molecule has 3 N–H and O–H groups in total. The number of primary amides is 1. The van der Waals surface area contributed by atoms with E-state index in [-0.39, 0.29) is 12.3 Å². The average Bonchev–Trinajstić information content (AvgIpc) is 3.33. The molecule has 0 radical (unpaired) electrons. The molecule has 0 unspecified atom stereocenters. The Morgan fingerprint density at radius 1 is 1.31 bits per heavy atom. The number of piperidine rings is 1. The summed E-state index contributed by atoms with van der Waals surface area (Å²) in [6, 6.07) is 2.96. The van der Waals surface area contributed by atoms with Gasteiger partial charge in [0.25, 0.3) is 0 Å². The predicted molar refractivity (Wildman–Crippen MR) is 112 cm³/mol. The van der Waals surface area contributed by atoms with Gasteiger partial charge in [0.2, 0.25) is 11.9 Å². The second-order valence-electron chi connectivity index (χ2n) is 7.89. The molecule has 154 valence electrons. The molecule has 0 atom stereocenters. The van der Waals surface area contributed by atoms with E-state index in [0.717, 1.165) is 42.7 Å². The first-order valence-corrected chi connectivity index (χ1v) is 10.1. The molecule has 1 amide bonds. The molecule has 4 heterocycles. The Bertz CT molecular complexity index is 983. The van der Waals surface area contributed by atoms with Crippen molar-refractivity contribution < 1.29 is 4.79 Å². The third kappa shape index (κ3) is 4.40. The Balaban J connectivity index is 1.44. The highest BCUT2D eigenvalue weighted by Gasteiger charge is 2.22. The molecule has 0 aliphatic carbocycles. The van der Waals surface area contributed by atoms with E-state index >= 15 is 0 Å². The number of nitrogens with one attached hydrogen (secondary N) is 1. The summed E-state index contributed by atoms with van der Waals surface area (Å²) in [6.07, 6.45) is 10.00. The molecule has 0 aromatic carbocycles. The molecule has 9 nitrogen and oxygen atoms in total. The van der Waals surface area contributed by atoms with Crippen molar-refractivity contribution in [1.82, 2.24) is 29.2 Å². The van der Waals surface area contributed by atoms with Gasteiger partial charge in [0.1, 0.15) is 5.65 Å². The molecule has 1 fully saturated rings. The number of rotatable bonds is 7. The fourth-order valence-electron chi connectivity index (χ4n) is 3.84. The van der Waals surface area contributed by atoms with Crippen LogP contribution in [0.5, 0.6) is 0 Å². The second-order valence-corrected chi connectivity index (χ2v) is 7.89. The first-order chi connectivity index (χ1) is 14.0. The first kappa shape index (κ1) is 19.4. The van der Waals surface area contributed by atoms with Gasteiger partial charge in [-0.15, -0.1) is 0 Å². The molecule has 0 spiro atoms. The number of likely N-dealkylation sites (tertiary alicyclic amines) is 1. The summed E-state index contributed by atoms with van der Waals surface area (Å²) >= 11 is 0. The largest absolute Gasteiger partial charge is 0.370 e. The Labute approximate surface area is 169 Å². The van der Waals surface area contributed by atoms with Gasteiger partial charge in [0, 0.05) is 56.1 Å². The molecule has 1 aliphatic rings. The predicted octanol–water partition coefficient (Wildman–Crippen LogP) is 2.29. The van der Waals surface area contributed by atoms with Gasteiger partial charge in [0.15, 0.2) is 0 Å². The number of amides is 1. The second kappa shape index (κ2) is 8.20. The molecule has 3 aromatic heterocycles. The van der Waals surface area contributed by atoms with Crippen LogP contribution < -0.4 is 11.1 Å². The van der Waals surface area contributed by atoms with Crippen LogP contribution in [0.25, 0.3) is 11.0 Å². The number of nitrogens with zero attached hydrogens (tertiary/aromatic N) is 6. The standard InChI is InChI=1S/C20H28N8O/c1-14(2)26-8-4-17(5-9-26)28-13-16(12-23-28)24-20-22-11-15-3-7-27(19(15)25-20)10-6-18(21)29/h3,7,11-14,17H,4-6,8-10H2,1-2H3,(H2,21,29)(H,22,24,25). The smallest absolute Gasteiger partial charge is 0.229 e. The summed E-state index contributed by atoms with van der Waals surface area (Å²) in [5.41, 5.74) is 6.90.